The predicted molar refractivity (Wildman–Crippen MR) is 106 cm³/mol. The Labute approximate surface area is 170 Å². The number of benzene rings is 1. The monoisotopic (exact) mass is 437 g/mol. The minimum Gasteiger partial charge on any atom is -0.449 e. The van der Waals surface area contributed by atoms with Gasteiger partial charge >= 0.3 is 6.09 Å². The molecule has 0 saturated carbocycles. The zero-order chi connectivity index (χ0) is 20.0. The second-order valence-electron chi connectivity index (χ2n) is 6.77. The van der Waals surface area contributed by atoms with Gasteiger partial charge in [-0.15, -0.1) is 0 Å². The van der Waals surface area contributed by atoms with Crippen molar-refractivity contribution in [2.24, 2.45) is 5.92 Å². The van der Waals surface area contributed by atoms with Gasteiger partial charge < -0.3 is 9.64 Å². The van der Waals surface area contributed by atoms with Crippen LogP contribution in [0.5, 0.6) is 0 Å². The highest BCUT2D eigenvalue weighted by Gasteiger charge is 2.23. The smallest absolute Gasteiger partial charge is 0.409 e. The molecule has 0 aromatic heterocycles. The summed E-state index contributed by atoms with van der Waals surface area (Å²) in [4.78, 5) is 15.7. The number of hydrogen-bond acceptors (Lipinski definition) is 5. The average Bonchev–Trinajstić information content (AvgIpc) is 2.59. The Morgan fingerprint density at radius 1 is 1.22 bits per heavy atom. The van der Waals surface area contributed by atoms with Crippen LogP contribution in [0.15, 0.2) is 23.1 Å². The van der Waals surface area contributed by atoms with Gasteiger partial charge in [-0.2, -0.15) is 0 Å². The van der Waals surface area contributed by atoms with Gasteiger partial charge in [-0.3, -0.25) is 4.90 Å². The Kier molecular flexibility index (Phi) is 8.18. The fourth-order valence-corrected chi connectivity index (χ4v) is 4.38. The van der Waals surface area contributed by atoms with Crippen molar-refractivity contribution in [2.45, 2.75) is 18.7 Å². The highest BCUT2D eigenvalue weighted by Crippen LogP contribution is 2.24. The van der Waals surface area contributed by atoms with Crippen LogP contribution < -0.4 is 4.72 Å². The minimum atomic E-state index is -3.70. The lowest BCUT2D eigenvalue weighted by Crippen LogP contribution is -2.50. The minimum absolute atomic E-state index is 0.00582. The number of ether oxygens (including phenoxy) is 1. The van der Waals surface area contributed by atoms with E-state index in [9.17, 15) is 13.2 Å². The molecule has 7 nitrogen and oxygen atoms in total. The van der Waals surface area contributed by atoms with Crippen molar-refractivity contribution in [1.82, 2.24) is 14.5 Å². The first-order chi connectivity index (χ1) is 12.7. The van der Waals surface area contributed by atoms with E-state index < -0.39 is 10.0 Å². The maximum atomic E-state index is 12.3. The van der Waals surface area contributed by atoms with Gasteiger partial charge in [0.15, 0.2) is 0 Å². The molecular weight excluding hydrogens is 413 g/mol. The third kappa shape index (κ3) is 6.80. The maximum Gasteiger partial charge on any atom is 0.409 e. The molecule has 1 heterocycles. The van der Waals surface area contributed by atoms with Crippen LogP contribution in [0.4, 0.5) is 4.79 Å². The van der Waals surface area contributed by atoms with Crippen LogP contribution in [0.1, 0.15) is 13.8 Å². The summed E-state index contributed by atoms with van der Waals surface area (Å²) in [6.07, 6.45) is -0.290. The van der Waals surface area contributed by atoms with Crippen LogP contribution in [0.3, 0.4) is 0 Å². The van der Waals surface area contributed by atoms with E-state index >= 15 is 0 Å². The molecule has 0 spiro atoms. The van der Waals surface area contributed by atoms with E-state index in [0.29, 0.717) is 50.3 Å². The number of rotatable bonds is 7. The van der Waals surface area contributed by atoms with Gasteiger partial charge in [0, 0.05) is 44.3 Å². The number of carbonyl (C=O) groups is 1. The third-order valence-corrected chi connectivity index (χ3v) is 6.25. The van der Waals surface area contributed by atoms with Crippen molar-refractivity contribution < 1.29 is 17.9 Å². The van der Waals surface area contributed by atoms with E-state index in [0.717, 1.165) is 0 Å². The van der Waals surface area contributed by atoms with E-state index in [2.05, 4.69) is 9.62 Å². The Bertz CT molecular complexity index is 751. The molecule has 1 amide bonds. The number of nitrogens with zero attached hydrogens (tertiary/aromatic N) is 2. The molecule has 1 aromatic carbocycles. The molecular formula is C17H25Cl2N3O4S. The maximum absolute atomic E-state index is 12.3. The summed E-state index contributed by atoms with van der Waals surface area (Å²) in [7, 11) is -3.70. The molecule has 1 N–H and O–H groups in total. The molecule has 152 valence electrons. The van der Waals surface area contributed by atoms with Crippen molar-refractivity contribution in [1.29, 1.82) is 0 Å². The number of hydrogen-bond donors (Lipinski definition) is 1. The molecule has 1 fully saturated rings. The average molecular weight is 438 g/mol. The number of piperazine rings is 1. The van der Waals surface area contributed by atoms with E-state index in [-0.39, 0.29) is 22.6 Å². The molecule has 0 bridgehead atoms. The summed E-state index contributed by atoms with van der Waals surface area (Å²) in [5.74, 6) is 0.303. The zero-order valence-corrected chi connectivity index (χ0v) is 17.8. The van der Waals surface area contributed by atoms with Crippen LogP contribution in [0, 0.1) is 5.92 Å². The highest BCUT2D eigenvalue weighted by atomic mass is 35.5. The fraction of sp³-hybridized carbons (Fsp3) is 0.588. The van der Waals surface area contributed by atoms with Gasteiger partial charge in [0.25, 0.3) is 0 Å². The Morgan fingerprint density at radius 3 is 2.48 bits per heavy atom. The normalized spacial score (nSPS) is 16.0. The van der Waals surface area contributed by atoms with Gasteiger partial charge in [-0.1, -0.05) is 37.0 Å². The number of halogens is 2. The molecule has 0 radical (unpaired) electrons. The van der Waals surface area contributed by atoms with Crippen molar-refractivity contribution in [3.05, 3.63) is 28.2 Å². The fourth-order valence-electron chi connectivity index (χ4n) is 2.59. The van der Waals surface area contributed by atoms with E-state index in [1.165, 1.54) is 18.2 Å². The first kappa shape index (κ1) is 22.2. The largest absolute Gasteiger partial charge is 0.449 e. The van der Waals surface area contributed by atoms with E-state index in [1.807, 2.05) is 13.8 Å². The quantitative estimate of drug-likeness (QED) is 0.708. The number of amides is 1. The third-order valence-electron chi connectivity index (χ3n) is 4.07. The summed E-state index contributed by atoms with van der Waals surface area (Å²) < 4.78 is 32.5. The first-order valence-electron chi connectivity index (χ1n) is 8.78. The van der Waals surface area contributed by atoms with Crippen molar-refractivity contribution >= 4 is 39.3 Å². The Hall–Kier alpha value is -1.06. The summed E-state index contributed by atoms with van der Waals surface area (Å²) in [6, 6.07) is 4.27. The molecule has 0 atom stereocenters. The van der Waals surface area contributed by atoms with Crippen LogP contribution >= 0.6 is 23.2 Å². The molecule has 1 aliphatic rings. The van der Waals surface area contributed by atoms with Gasteiger partial charge in [-0.05, 0) is 24.1 Å². The van der Waals surface area contributed by atoms with Gasteiger partial charge in [0.2, 0.25) is 10.0 Å². The number of nitrogens with one attached hydrogen (secondary N) is 1. The molecule has 27 heavy (non-hydrogen) atoms. The van der Waals surface area contributed by atoms with Crippen LogP contribution in [-0.2, 0) is 14.8 Å². The predicted octanol–water partition coefficient (Wildman–Crippen LogP) is 2.68. The zero-order valence-electron chi connectivity index (χ0n) is 15.5. The summed E-state index contributed by atoms with van der Waals surface area (Å²) in [5, 5.41) is 0.465. The standard InChI is InChI=1S/C17H25Cl2N3O4S/c1-13(2)12-26-17(23)22-9-7-21(8-10-22)6-5-20-27(24,25)16-4-3-14(18)11-15(16)19/h3-4,11,13,20H,5-10,12H2,1-2H3. The van der Waals surface area contributed by atoms with Gasteiger partial charge in [-0.25, -0.2) is 17.9 Å². The van der Waals surface area contributed by atoms with Crippen molar-refractivity contribution in [3.63, 3.8) is 0 Å². The molecule has 0 unspecified atom stereocenters. The molecule has 1 aliphatic heterocycles. The second kappa shape index (κ2) is 9.93. The van der Waals surface area contributed by atoms with Crippen LogP contribution in [0.2, 0.25) is 10.0 Å². The summed E-state index contributed by atoms with van der Waals surface area (Å²) >= 11 is 11.8. The lowest BCUT2D eigenvalue weighted by molar-refractivity contribution is 0.0696. The SMILES string of the molecule is CC(C)COC(=O)N1CCN(CCNS(=O)(=O)c2ccc(Cl)cc2Cl)CC1. The van der Waals surface area contributed by atoms with Gasteiger partial charge in [0.1, 0.15) is 4.90 Å². The molecule has 10 heteroatoms. The van der Waals surface area contributed by atoms with Crippen molar-refractivity contribution in [2.75, 3.05) is 45.9 Å². The van der Waals surface area contributed by atoms with E-state index in [4.69, 9.17) is 27.9 Å². The summed E-state index contributed by atoms with van der Waals surface area (Å²) in [6.45, 7) is 7.64. The molecule has 1 aromatic rings. The second-order valence-corrected chi connectivity index (χ2v) is 9.35. The first-order valence-corrected chi connectivity index (χ1v) is 11.0. The van der Waals surface area contributed by atoms with Gasteiger partial charge in [0.05, 0.1) is 11.6 Å². The van der Waals surface area contributed by atoms with Crippen molar-refractivity contribution in [3.8, 4) is 0 Å². The summed E-state index contributed by atoms with van der Waals surface area (Å²) in [5.41, 5.74) is 0. The molecule has 0 aliphatic carbocycles. The number of carbonyl (C=O) groups excluding carboxylic acids is 1. The topological polar surface area (TPSA) is 79.0 Å². The van der Waals surface area contributed by atoms with Crippen LogP contribution in [-0.4, -0.2) is 70.2 Å². The Balaban J connectivity index is 1.76. The Morgan fingerprint density at radius 2 is 1.89 bits per heavy atom. The van der Waals surface area contributed by atoms with Crippen LogP contribution in [0.25, 0.3) is 0 Å². The van der Waals surface area contributed by atoms with E-state index in [1.54, 1.807) is 4.90 Å². The lowest BCUT2D eigenvalue weighted by Gasteiger charge is -2.34. The highest BCUT2D eigenvalue weighted by molar-refractivity contribution is 7.89. The molecule has 1 saturated heterocycles. The lowest BCUT2D eigenvalue weighted by atomic mass is 10.2. The molecule has 2 rings (SSSR count). The number of sulfonamides is 1.